The third-order valence-corrected chi connectivity index (χ3v) is 11.1. The Morgan fingerprint density at radius 2 is 1.53 bits per heavy atom. The molecule has 0 atom stereocenters. The van der Waals surface area contributed by atoms with Crippen molar-refractivity contribution in [3.05, 3.63) is 48.3 Å². The second kappa shape index (κ2) is 12.8. The maximum Gasteiger partial charge on any atom is 0.173 e. The molecule has 1 aliphatic heterocycles. The van der Waals surface area contributed by atoms with Crippen LogP contribution in [0.5, 0.6) is 11.5 Å². The van der Waals surface area contributed by atoms with E-state index in [1.54, 1.807) is 20.5 Å². The van der Waals surface area contributed by atoms with E-state index in [0.29, 0.717) is 22.3 Å². The summed E-state index contributed by atoms with van der Waals surface area (Å²) < 4.78 is 11.0. The fourth-order valence-electron chi connectivity index (χ4n) is 7.85. The highest BCUT2D eigenvalue weighted by Crippen LogP contribution is 2.59. The van der Waals surface area contributed by atoms with Crippen LogP contribution in [0.3, 0.4) is 0 Å². The zero-order chi connectivity index (χ0) is 29.9. The van der Waals surface area contributed by atoms with Crippen molar-refractivity contribution in [2.75, 3.05) is 50.6 Å². The van der Waals surface area contributed by atoms with Gasteiger partial charge in [-0.15, -0.1) is 0 Å². The number of aromatic nitrogens is 2. The summed E-state index contributed by atoms with van der Waals surface area (Å²) in [5.41, 5.74) is 4.48. The molecule has 1 saturated heterocycles. The number of hydrogen-bond donors (Lipinski definition) is 1. The Hall–Kier alpha value is -3.13. The van der Waals surface area contributed by atoms with Crippen LogP contribution in [0.1, 0.15) is 83.1 Å². The summed E-state index contributed by atoms with van der Waals surface area (Å²) in [6, 6.07) is 13.1. The van der Waals surface area contributed by atoms with Gasteiger partial charge in [0, 0.05) is 43.3 Å². The molecular formula is C35H47N5O2S. The second-order valence-electron chi connectivity index (χ2n) is 13.0. The summed E-state index contributed by atoms with van der Waals surface area (Å²) >= 11 is 5.86. The van der Waals surface area contributed by atoms with Crippen LogP contribution in [-0.2, 0) is 5.41 Å². The maximum absolute atomic E-state index is 5.86. The molecule has 43 heavy (non-hydrogen) atoms. The van der Waals surface area contributed by atoms with Gasteiger partial charge in [0.15, 0.2) is 16.6 Å². The molecule has 0 radical (unpaired) electrons. The van der Waals surface area contributed by atoms with Crippen LogP contribution in [0.25, 0.3) is 10.9 Å². The van der Waals surface area contributed by atoms with Crippen molar-refractivity contribution >= 4 is 39.7 Å². The summed E-state index contributed by atoms with van der Waals surface area (Å²) in [6.45, 7) is 5.61. The summed E-state index contributed by atoms with van der Waals surface area (Å²) in [6.07, 6.45) is 17.0. The molecular weight excluding hydrogens is 554 g/mol. The molecule has 3 saturated carbocycles. The summed E-state index contributed by atoms with van der Waals surface area (Å²) in [4.78, 5) is 13.7. The lowest BCUT2D eigenvalue weighted by molar-refractivity contribution is 0.0305. The van der Waals surface area contributed by atoms with E-state index in [9.17, 15) is 0 Å². The van der Waals surface area contributed by atoms with Gasteiger partial charge in [0.25, 0.3) is 0 Å². The van der Waals surface area contributed by atoms with E-state index in [-0.39, 0.29) is 0 Å². The number of hydrogen-bond acceptors (Lipinski definition) is 6. The maximum atomic E-state index is 5.86. The van der Waals surface area contributed by atoms with Crippen LogP contribution in [0, 0.1) is 5.41 Å². The first-order valence-corrected chi connectivity index (χ1v) is 16.7. The van der Waals surface area contributed by atoms with Gasteiger partial charge < -0.3 is 24.6 Å². The normalized spacial score (nSPS) is 23.4. The van der Waals surface area contributed by atoms with Crippen molar-refractivity contribution in [1.29, 1.82) is 0 Å². The van der Waals surface area contributed by atoms with Gasteiger partial charge in [0.2, 0.25) is 0 Å². The summed E-state index contributed by atoms with van der Waals surface area (Å²) in [7, 11) is 3.29. The second-order valence-corrected chi connectivity index (χ2v) is 13.4. The first-order valence-electron chi connectivity index (χ1n) is 16.3. The van der Waals surface area contributed by atoms with Crippen LogP contribution in [0.4, 0.5) is 11.5 Å². The first-order chi connectivity index (χ1) is 21.0. The summed E-state index contributed by atoms with van der Waals surface area (Å²) in [5, 5.41) is 5.26. The fraction of sp³-hybridized carbons (Fsp3) is 0.571. The number of benzene rings is 2. The average Bonchev–Trinajstić information content (AvgIpc) is 3.07. The lowest BCUT2D eigenvalue weighted by Gasteiger charge is -2.54. The van der Waals surface area contributed by atoms with E-state index in [1.807, 2.05) is 12.1 Å². The number of nitrogens with zero attached hydrogens (tertiary/aromatic N) is 4. The molecule has 1 N–H and O–H groups in total. The van der Waals surface area contributed by atoms with Crippen LogP contribution in [0.15, 0.2) is 42.7 Å². The molecule has 2 bridgehead atoms. The predicted octanol–water partition coefficient (Wildman–Crippen LogP) is 7.73. The van der Waals surface area contributed by atoms with Gasteiger partial charge in [0.1, 0.15) is 12.1 Å². The Labute approximate surface area is 262 Å². The van der Waals surface area contributed by atoms with E-state index in [0.717, 1.165) is 53.7 Å². The number of rotatable bonds is 10. The number of nitrogens with one attached hydrogen (secondary N) is 1. The van der Waals surface area contributed by atoms with Crippen molar-refractivity contribution in [1.82, 2.24) is 14.9 Å². The van der Waals surface area contributed by atoms with E-state index < -0.39 is 0 Å². The third kappa shape index (κ3) is 6.13. The van der Waals surface area contributed by atoms with Crippen molar-refractivity contribution in [2.45, 2.75) is 83.0 Å². The van der Waals surface area contributed by atoms with Crippen molar-refractivity contribution in [2.24, 2.45) is 5.41 Å². The van der Waals surface area contributed by atoms with Gasteiger partial charge in [-0.1, -0.05) is 44.7 Å². The molecule has 7 rings (SSSR count). The molecule has 2 heterocycles. The number of unbranched alkanes of at least 4 members (excludes halogenated alkanes) is 3. The van der Waals surface area contributed by atoms with Crippen LogP contribution < -0.4 is 19.7 Å². The van der Waals surface area contributed by atoms with Crippen molar-refractivity contribution < 1.29 is 9.47 Å². The molecule has 4 aliphatic rings. The Bertz CT molecular complexity index is 1400. The minimum absolute atomic E-state index is 0.390. The lowest BCUT2D eigenvalue weighted by atomic mass is 9.51. The SMILES string of the molecule is CCCCCCC12CCC(c3ccc(NC(=S)N4CCN(c5ncnc6cc(OC)c(OC)cc56)CC4)cc3)(CC1)CC2. The summed E-state index contributed by atoms with van der Waals surface area (Å²) in [5.74, 6) is 2.26. The number of thiocarbonyl (C=S) groups is 1. The molecule has 0 unspecified atom stereocenters. The van der Waals surface area contributed by atoms with Gasteiger partial charge in [0.05, 0.1) is 19.7 Å². The van der Waals surface area contributed by atoms with Gasteiger partial charge in [-0.05, 0) is 91.8 Å². The highest BCUT2D eigenvalue weighted by molar-refractivity contribution is 7.80. The molecule has 7 nitrogen and oxygen atoms in total. The molecule has 0 amide bonds. The number of methoxy groups -OCH3 is 2. The minimum Gasteiger partial charge on any atom is -0.493 e. The van der Waals surface area contributed by atoms with Gasteiger partial charge in [-0.25, -0.2) is 9.97 Å². The average molecular weight is 602 g/mol. The van der Waals surface area contributed by atoms with Crippen molar-refractivity contribution in [3.63, 3.8) is 0 Å². The molecule has 4 fully saturated rings. The zero-order valence-corrected chi connectivity index (χ0v) is 27.0. The number of ether oxygens (including phenoxy) is 2. The number of piperazine rings is 1. The Morgan fingerprint density at radius 3 is 2.19 bits per heavy atom. The van der Waals surface area contributed by atoms with Crippen molar-refractivity contribution in [3.8, 4) is 11.5 Å². The number of anilines is 2. The van der Waals surface area contributed by atoms with E-state index in [1.165, 1.54) is 76.2 Å². The van der Waals surface area contributed by atoms with Crippen LogP contribution in [-0.4, -0.2) is 60.4 Å². The molecule has 8 heteroatoms. The molecule has 0 spiro atoms. The lowest BCUT2D eigenvalue weighted by Crippen LogP contribution is -2.50. The fourth-order valence-corrected chi connectivity index (χ4v) is 8.15. The molecule has 2 aromatic carbocycles. The van der Waals surface area contributed by atoms with Crippen LogP contribution >= 0.6 is 12.2 Å². The van der Waals surface area contributed by atoms with Gasteiger partial charge in [-0.2, -0.15) is 0 Å². The monoisotopic (exact) mass is 601 g/mol. The zero-order valence-electron chi connectivity index (χ0n) is 26.2. The van der Waals surface area contributed by atoms with Gasteiger partial charge >= 0.3 is 0 Å². The highest BCUT2D eigenvalue weighted by atomic mass is 32.1. The Morgan fingerprint density at radius 1 is 0.860 bits per heavy atom. The highest BCUT2D eigenvalue weighted by Gasteiger charge is 2.48. The molecule has 3 aliphatic carbocycles. The van der Waals surface area contributed by atoms with E-state index in [2.05, 4.69) is 56.3 Å². The topological polar surface area (TPSA) is 62.8 Å². The molecule has 3 aromatic rings. The van der Waals surface area contributed by atoms with E-state index in [4.69, 9.17) is 21.7 Å². The standard InChI is InChI=1S/C35H47N5O2S/c1-4-5-6-7-12-34-13-16-35(17-14-34,18-15-34)26-8-10-27(11-9-26)38-33(43)40-21-19-39(20-22-40)32-28-23-30(41-2)31(42-3)24-29(28)36-25-37-32/h8-11,23-25H,4-7,12-22H2,1-3H3,(H,38,43). The largest absolute Gasteiger partial charge is 0.493 e. The quantitative estimate of drug-likeness (QED) is 0.187. The van der Waals surface area contributed by atoms with E-state index >= 15 is 0 Å². The smallest absolute Gasteiger partial charge is 0.173 e. The first kappa shape index (κ1) is 29.9. The van der Waals surface area contributed by atoms with Gasteiger partial charge in [-0.3, -0.25) is 0 Å². The Balaban J connectivity index is 1.03. The molecule has 230 valence electrons. The minimum atomic E-state index is 0.390. The third-order valence-electron chi connectivity index (χ3n) is 10.7. The number of fused-ring (bicyclic) bond motifs is 4. The van der Waals surface area contributed by atoms with Crippen LogP contribution in [0.2, 0.25) is 0 Å². The predicted molar refractivity (Wildman–Crippen MR) is 180 cm³/mol. The molecule has 1 aromatic heterocycles. The Kier molecular flexibility index (Phi) is 8.94.